The maximum absolute atomic E-state index is 11.7. The van der Waals surface area contributed by atoms with Crippen LogP contribution in [0.2, 0.25) is 5.02 Å². The number of likely N-dealkylation sites (N-methyl/N-ethyl adjacent to an activating group) is 1. The zero-order chi connectivity index (χ0) is 15.7. The van der Waals surface area contributed by atoms with Crippen LogP contribution in [0, 0.1) is 0 Å². The lowest BCUT2D eigenvalue weighted by atomic mass is 10.3. The summed E-state index contributed by atoms with van der Waals surface area (Å²) in [6.45, 7) is 2.78. The molecule has 7 heteroatoms. The van der Waals surface area contributed by atoms with E-state index in [9.17, 15) is 9.59 Å². The molecule has 1 aromatic rings. The molecule has 1 amide bonds. The standard InChI is InChI=1S/C14H20ClN3O3/c1-3-21-14(20)5-4-8-16-13(19)10-18(2)12-7-6-11(15)9-17-12/h6-7,9H,3-5,8,10H2,1-2H3,(H,16,19). The highest BCUT2D eigenvalue weighted by atomic mass is 35.5. The fourth-order valence-electron chi connectivity index (χ4n) is 1.64. The predicted molar refractivity (Wildman–Crippen MR) is 81.4 cm³/mol. The van der Waals surface area contributed by atoms with Gasteiger partial charge in [-0.05, 0) is 25.5 Å². The van der Waals surface area contributed by atoms with Crippen molar-refractivity contribution < 1.29 is 14.3 Å². The van der Waals surface area contributed by atoms with Gasteiger partial charge in [0, 0.05) is 26.2 Å². The second-order valence-corrected chi connectivity index (χ2v) is 4.89. The highest BCUT2D eigenvalue weighted by Crippen LogP contribution is 2.12. The SMILES string of the molecule is CCOC(=O)CCCNC(=O)CN(C)c1ccc(Cl)cn1. The Morgan fingerprint density at radius 3 is 2.81 bits per heavy atom. The van der Waals surface area contributed by atoms with Crippen LogP contribution in [0.4, 0.5) is 5.82 Å². The molecule has 0 bridgehead atoms. The Bertz CT molecular complexity index is 465. The van der Waals surface area contributed by atoms with Gasteiger partial charge in [-0.1, -0.05) is 11.6 Å². The van der Waals surface area contributed by atoms with Gasteiger partial charge < -0.3 is 15.0 Å². The molecule has 0 aliphatic carbocycles. The molecule has 0 aliphatic heterocycles. The summed E-state index contributed by atoms with van der Waals surface area (Å²) in [7, 11) is 1.77. The van der Waals surface area contributed by atoms with Gasteiger partial charge in [-0.25, -0.2) is 4.98 Å². The molecule has 1 rings (SSSR count). The number of esters is 1. The lowest BCUT2D eigenvalue weighted by molar-refractivity contribution is -0.143. The predicted octanol–water partition coefficient (Wildman–Crippen LogP) is 1.63. The van der Waals surface area contributed by atoms with Crippen molar-refractivity contribution in [1.82, 2.24) is 10.3 Å². The zero-order valence-electron chi connectivity index (χ0n) is 12.3. The molecular weight excluding hydrogens is 294 g/mol. The first-order chi connectivity index (χ1) is 10.0. The third-order valence-corrected chi connectivity index (χ3v) is 2.89. The molecule has 0 atom stereocenters. The fourth-order valence-corrected chi connectivity index (χ4v) is 1.75. The Balaban J connectivity index is 2.24. The lowest BCUT2D eigenvalue weighted by Crippen LogP contribution is -2.36. The van der Waals surface area contributed by atoms with Crippen molar-refractivity contribution in [3.05, 3.63) is 23.4 Å². The second kappa shape index (κ2) is 9.18. The van der Waals surface area contributed by atoms with Crippen molar-refractivity contribution in [3.63, 3.8) is 0 Å². The van der Waals surface area contributed by atoms with Gasteiger partial charge in [-0.15, -0.1) is 0 Å². The molecule has 0 aromatic carbocycles. The van der Waals surface area contributed by atoms with Crippen LogP contribution in [0.5, 0.6) is 0 Å². The third kappa shape index (κ3) is 6.94. The van der Waals surface area contributed by atoms with Gasteiger partial charge in [0.1, 0.15) is 5.82 Å². The first kappa shape index (κ1) is 17.2. The number of carbonyl (C=O) groups excluding carboxylic acids is 2. The average molecular weight is 314 g/mol. The molecule has 6 nitrogen and oxygen atoms in total. The Morgan fingerprint density at radius 2 is 2.19 bits per heavy atom. The molecule has 0 spiro atoms. The summed E-state index contributed by atoms with van der Waals surface area (Å²) in [5, 5.41) is 3.30. The number of pyridine rings is 1. The number of hydrogen-bond donors (Lipinski definition) is 1. The summed E-state index contributed by atoms with van der Waals surface area (Å²) in [6.07, 6.45) is 2.40. The van der Waals surface area contributed by atoms with Gasteiger partial charge in [0.25, 0.3) is 0 Å². The van der Waals surface area contributed by atoms with Crippen molar-refractivity contribution in [3.8, 4) is 0 Å². The van der Waals surface area contributed by atoms with Gasteiger partial charge in [0.15, 0.2) is 0 Å². The molecule has 0 aliphatic rings. The number of amides is 1. The Hall–Kier alpha value is -1.82. The van der Waals surface area contributed by atoms with Gasteiger partial charge in [-0.2, -0.15) is 0 Å². The smallest absolute Gasteiger partial charge is 0.305 e. The summed E-state index contributed by atoms with van der Waals surface area (Å²) in [5.74, 6) is 0.299. The highest BCUT2D eigenvalue weighted by molar-refractivity contribution is 6.30. The monoisotopic (exact) mass is 313 g/mol. The van der Waals surface area contributed by atoms with E-state index >= 15 is 0 Å². The second-order valence-electron chi connectivity index (χ2n) is 4.45. The Labute approximate surface area is 129 Å². The first-order valence-corrected chi connectivity index (χ1v) is 7.15. The first-order valence-electron chi connectivity index (χ1n) is 6.78. The summed E-state index contributed by atoms with van der Waals surface area (Å²) in [5.41, 5.74) is 0. The molecular formula is C14H20ClN3O3. The fraction of sp³-hybridized carbons (Fsp3) is 0.500. The zero-order valence-corrected chi connectivity index (χ0v) is 13.0. The van der Waals surface area contributed by atoms with Crippen LogP contribution < -0.4 is 10.2 Å². The maximum Gasteiger partial charge on any atom is 0.305 e. The molecule has 1 heterocycles. The molecule has 0 saturated carbocycles. The van der Waals surface area contributed by atoms with E-state index in [1.165, 1.54) is 6.20 Å². The minimum Gasteiger partial charge on any atom is -0.466 e. The van der Waals surface area contributed by atoms with E-state index in [0.717, 1.165) is 0 Å². The van der Waals surface area contributed by atoms with Crippen molar-refractivity contribution in [2.24, 2.45) is 0 Å². The van der Waals surface area contributed by atoms with E-state index in [4.69, 9.17) is 16.3 Å². The number of rotatable bonds is 8. The van der Waals surface area contributed by atoms with E-state index in [0.29, 0.717) is 36.8 Å². The van der Waals surface area contributed by atoms with Crippen LogP contribution >= 0.6 is 11.6 Å². The third-order valence-electron chi connectivity index (χ3n) is 2.67. The van der Waals surface area contributed by atoms with Gasteiger partial charge >= 0.3 is 5.97 Å². The van der Waals surface area contributed by atoms with Crippen LogP contribution in [-0.2, 0) is 14.3 Å². The van der Waals surface area contributed by atoms with Gasteiger partial charge in [0.2, 0.25) is 5.91 Å². The lowest BCUT2D eigenvalue weighted by Gasteiger charge is -2.17. The molecule has 0 unspecified atom stereocenters. The Morgan fingerprint density at radius 1 is 1.43 bits per heavy atom. The summed E-state index contributed by atoms with van der Waals surface area (Å²) < 4.78 is 4.80. The molecule has 0 fully saturated rings. The molecule has 0 radical (unpaired) electrons. The summed E-state index contributed by atoms with van der Waals surface area (Å²) in [4.78, 5) is 28.7. The van der Waals surface area contributed by atoms with E-state index in [1.807, 2.05) is 0 Å². The molecule has 1 aromatic heterocycles. The van der Waals surface area contributed by atoms with Crippen molar-refractivity contribution >= 4 is 29.3 Å². The number of nitrogens with one attached hydrogen (secondary N) is 1. The minimum absolute atomic E-state index is 0.127. The van der Waals surface area contributed by atoms with Crippen LogP contribution in [0.1, 0.15) is 19.8 Å². The topological polar surface area (TPSA) is 71.5 Å². The average Bonchev–Trinajstić information content (AvgIpc) is 2.44. The van der Waals surface area contributed by atoms with E-state index in [-0.39, 0.29) is 18.4 Å². The van der Waals surface area contributed by atoms with E-state index in [2.05, 4.69) is 10.3 Å². The van der Waals surface area contributed by atoms with Crippen molar-refractivity contribution in [2.75, 3.05) is 31.6 Å². The quantitative estimate of drug-likeness (QED) is 0.583. The van der Waals surface area contributed by atoms with Crippen LogP contribution in [0.15, 0.2) is 18.3 Å². The summed E-state index contributed by atoms with van der Waals surface area (Å²) in [6, 6.07) is 3.47. The molecule has 0 saturated heterocycles. The molecule has 21 heavy (non-hydrogen) atoms. The molecule has 116 valence electrons. The maximum atomic E-state index is 11.7. The number of hydrogen-bond acceptors (Lipinski definition) is 5. The number of carbonyl (C=O) groups is 2. The van der Waals surface area contributed by atoms with Crippen molar-refractivity contribution in [2.45, 2.75) is 19.8 Å². The largest absolute Gasteiger partial charge is 0.466 e. The highest BCUT2D eigenvalue weighted by Gasteiger charge is 2.08. The minimum atomic E-state index is -0.241. The number of anilines is 1. The van der Waals surface area contributed by atoms with Gasteiger partial charge in [-0.3, -0.25) is 9.59 Å². The number of nitrogens with zero attached hydrogens (tertiary/aromatic N) is 2. The van der Waals surface area contributed by atoms with E-state index < -0.39 is 0 Å². The summed E-state index contributed by atoms with van der Waals surface area (Å²) >= 11 is 5.76. The van der Waals surface area contributed by atoms with Crippen molar-refractivity contribution in [1.29, 1.82) is 0 Å². The number of aromatic nitrogens is 1. The van der Waals surface area contributed by atoms with Crippen LogP contribution in [0.3, 0.4) is 0 Å². The van der Waals surface area contributed by atoms with E-state index in [1.54, 1.807) is 31.0 Å². The molecule has 1 N–H and O–H groups in total. The van der Waals surface area contributed by atoms with Crippen LogP contribution in [0.25, 0.3) is 0 Å². The Kier molecular flexibility index (Phi) is 7.53. The normalized spacial score (nSPS) is 10.0. The number of ether oxygens (including phenoxy) is 1. The van der Waals surface area contributed by atoms with Crippen LogP contribution in [-0.4, -0.2) is 43.6 Å². The van der Waals surface area contributed by atoms with Gasteiger partial charge in [0.05, 0.1) is 18.2 Å². The number of halogens is 1.